The summed E-state index contributed by atoms with van der Waals surface area (Å²) >= 11 is 9.65. The van der Waals surface area contributed by atoms with Crippen molar-refractivity contribution in [1.29, 1.82) is 0 Å². The SMILES string of the molecule is COc1ccc([C@@H]2Oc3ccccc3[C@H]3CC(c4ccc(Cl)cc4)=NN32)cc1Br. The standard InChI is InChI=1S/C23H18BrClN2O2/c1-28-22-11-8-15(12-18(22)24)23-27-20(17-4-2-3-5-21(17)29-23)13-19(26-27)14-6-9-16(25)10-7-14/h2-12,20,23H,13H2,1H3/t20-,23+/m1/s1. The van der Waals surface area contributed by atoms with Crippen molar-refractivity contribution in [3.63, 3.8) is 0 Å². The highest BCUT2D eigenvalue weighted by Gasteiger charge is 2.40. The first-order valence-corrected chi connectivity index (χ1v) is 10.5. The topological polar surface area (TPSA) is 34.1 Å². The van der Waals surface area contributed by atoms with E-state index in [1.165, 1.54) is 0 Å². The van der Waals surface area contributed by atoms with Gasteiger partial charge in [0.2, 0.25) is 6.23 Å². The van der Waals surface area contributed by atoms with Crippen molar-refractivity contribution in [2.75, 3.05) is 7.11 Å². The van der Waals surface area contributed by atoms with Crippen LogP contribution in [0.15, 0.2) is 76.3 Å². The van der Waals surface area contributed by atoms with Crippen LogP contribution in [0.25, 0.3) is 0 Å². The third-order valence-corrected chi connectivity index (χ3v) is 6.21. The van der Waals surface area contributed by atoms with Gasteiger partial charge in [-0.25, -0.2) is 5.01 Å². The van der Waals surface area contributed by atoms with Crippen molar-refractivity contribution < 1.29 is 9.47 Å². The molecule has 29 heavy (non-hydrogen) atoms. The first-order chi connectivity index (χ1) is 14.1. The van der Waals surface area contributed by atoms with Gasteiger partial charge < -0.3 is 9.47 Å². The number of benzene rings is 3. The average molecular weight is 470 g/mol. The van der Waals surface area contributed by atoms with E-state index in [2.05, 4.69) is 27.0 Å². The van der Waals surface area contributed by atoms with Gasteiger partial charge in [0.25, 0.3) is 0 Å². The van der Waals surface area contributed by atoms with Crippen LogP contribution in [0.4, 0.5) is 0 Å². The lowest BCUT2D eigenvalue weighted by Gasteiger charge is -2.38. The minimum Gasteiger partial charge on any atom is -0.496 e. The molecule has 2 heterocycles. The summed E-state index contributed by atoms with van der Waals surface area (Å²) in [4.78, 5) is 0. The molecule has 0 unspecified atom stereocenters. The molecule has 0 spiro atoms. The second kappa shape index (κ2) is 7.39. The van der Waals surface area contributed by atoms with Crippen molar-refractivity contribution >= 4 is 33.2 Å². The van der Waals surface area contributed by atoms with Crippen LogP contribution in [0.5, 0.6) is 11.5 Å². The highest BCUT2D eigenvalue weighted by atomic mass is 79.9. The van der Waals surface area contributed by atoms with Gasteiger partial charge in [-0.1, -0.05) is 41.9 Å². The maximum Gasteiger partial charge on any atom is 0.213 e. The molecule has 6 heteroatoms. The zero-order valence-electron chi connectivity index (χ0n) is 15.7. The van der Waals surface area contributed by atoms with E-state index >= 15 is 0 Å². The fourth-order valence-electron chi connectivity index (χ4n) is 3.91. The maximum atomic E-state index is 6.40. The van der Waals surface area contributed by atoms with Crippen LogP contribution >= 0.6 is 27.5 Å². The summed E-state index contributed by atoms with van der Waals surface area (Å²) in [5.74, 6) is 1.69. The Hall–Kier alpha value is -2.50. The van der Waals surface area contributed by atoms with E-state index in [4.69, 9.17) is 26.2 Å². The number of rotatable bonds is 3. The molecule has 5 rings (SSSR count). The lowest BCUT2D eigenvalue weighted by molar-refractivity contribution is -0.0190. The van der Waals surface area contributed by atoms with Gasteiger partial charge in [-0.15, -0.1) is 0 Å². The predicted molar refractivity (Wildman–Crippen MR) is 118 cm³/mol. The van der Waals surface area contributed by atoms with E-state index in [0.29, 0.717) is 0 Å². The monoisotopic (exact) mass is 468 g/mol. The molecular formula is C23H18BrClN2O2. The zero-order valence-corrected chi connectivity index (χ0v) is 18.0. The van der Waals surface area contributed by atoms with Crippen LogP contribution < -0.4 is 9.47 Å². The fraction of sp³-hybridized carbons (Fsp3) is 0.174. The fourth-order valence-corrected chi connectivity index (χ4v) is 4.59. The first-order valence-electron chi connectivity index (χ1n) is 9.35. The predicted octanol–water partition coefficient (Wildman–Crippen LogP) is 6.35. The Bertz CT molecular complexity index is 1100. The van der Waals surface area contributed by atoms with Crippen molar-refractivity contribution in [2.45, 2.75) is 18.7 Å². The van der Waals surface area contributed by atoms with E-state index in [-0.39, 0.29) is 12.3 Å². The summed E-state index contributed by atoms with van der Waals surface area (Å²) in [5, 5.41) is 7.77. The van der Waals surface area contributed by atoms with E-state index in [1.54, 1.807) is 7.11 Å². The quantitative estimate of drug-likeness (QED) is 0.448. The van der Waals surface area contributed by atoms with Crippen molar-refractivity contribution in [1.82, 2.24) is 5.01 Å². The summed E-state index contributed by atoms with van der Waals surface area (Å²) in [6.45, 7) is 0. The minimum absolute atomic E-state index is 0.122. The highest BCUT2D eigenvalue weighted by molar-refractivity contribution is 9.10. The van der Waals surface area contributed by atoms with Gasteiger partial charge in [0, 0.05) is 22.6 Å². The first kappa shape index (κ1) is 18.5. The number of ether oxygens (including phenoxy) is 2. The van der Waals surface area contributed by atoms with Gasteiger partial charge in [0.15, 0.2) is 0 Å². The van der Waals surface area contributed by atoms with Crippen LogP contribution in [0, 0.1) is 0 Å². The Morgan fingerprint density at radius 1 is 1.10 bits per heavy atom. The third kappa shape index (κ3) is 3.28. The molecule has 3 aromatic carbocycles. The molecule has 2 aliphatic rings. The smallest absolute Gasteiger partial charge is 0.213 e. The molecule has 0 saturated heterocycles. The summed E-state index contributed by atoms with van der Waals surface area (Å²) in [6.07, 6.45) is 0.498. The molecule has 2 atom stereocenters. The number of nitrogens with zero attached hydrogens (tertiary/aromatic N) is 2. The van der Waals surface area contributed by atoms with E-state index in [0.717, 1.165) is 49.8 Å². The number of hydrogen-bond acceptors (Lipinski definition) is 4. The van der Waals surface area contributed by atoms with Gasteiger partial charge in [-0.2, -0.15) is 5.10 Å². The van der Waals surface area contributed by atoms with Gasteiger partial charge in [-0.3, -0.25) is 0 Å². The summed E-state index contributed by atoms with van der Waals surface area (Å²) in [5.41, 5.74) is 4.28. The van der Waals surface area contributed by atoms with Crippen LogP contribution in [0.1, 0.15) is 35.4 Å². The largest absolute Gasteiger partial charge is 0.496 e. The summed E-state index contributed by atoms with van der Waals surface area (Å²) in [6, 6.07) is 22.2. The number of hydrogen-bond donors (Lipinski definition) is 0. The molecule has 146 valence electrons. The van der Waals surface area contributed by atoms with Crippen LogP contribution in [-0.2, 0) is 0 Å². The molecule has 0 amide bonds. The highest BCUT2D eigenvalue weighted by Crippen LogP contribution is 2.48. The lowest BCUT2D eigenvalue weighted by atomic mass is 9.96. The number of fused-ring (bicyclic) bond motifs is 3. The molecule has 0 saturated carbocycles. The second-order valence-corrected chi connectivity index (χ2v) is 8.35. The summed E-state index contributed by atoms with van der Waals surface area (Å²) in [7, 11) is 1.66. The number of methoxy groups -OCH3 is 1. The molecule has 0 bridgehead atoms. The van der Waals surface area contributed by atoms with Crippen molar-refractivity contribution in [3.05, 3.63) is 92.9 Å². The summed E-state index contributed by atoms with van der Waals surface area (Å²) < 4.78 is 12.7. The molecule has 0 N–H and O–H groups in total. The van der Waals surface area contributed by atoms with Crippen molar-refractivity contribution in [3.8, 4) is 11.5 Å². The van der Waals surface area contributed by atoms with E-state index in [1.807, 2.05) is 60.7 Å². The Labute approximate surface area is 182 Å². The molecule has 4 nitrogen and oxygen atoms in total. The molecule has 3 aromatic rings. The Kier molecular flexibility index (Phi) is 4.72. The number of para-hydroxylation sites is 1. The Morgan fingerprint density at radius 3 is 2.66 bits per heavy atom. The third-order valence-electron chi connectivity index (χ3n) is 5.34. The molecular weight excluding hydrogens is 452 g/mol. The molecule has 0 radical (unpaired) electrons. The molecule has 2 aliphatic heterocycles. The molecule has 0 aliphatic carbocycles. The van der Waals surface area contributed by atoms with Gasteiger partial charge in [-0.05, 0) is 57.9 Å². The minimum atomic E-state index is -0.318. The van der Waals surface area contributed by atoms with Gasteiger partial charge in [0.05, 0.1) is 23.3 Å². The zero-order chi connectivity index (χ0) is 20.0. The number of halogens is 2. The normalized spacial score (nSPS) is 19.8. The van der Waals surface area contributed by atoms with Gasteiger partial charge >= 0.3 is 0 Å². The average Bonchev–Trinajstić information content (AvgIpc) is 3.19. The maximum absolute atomic E-state index is 6.40. The van der Waals surface area contributed by atoms with Crippen LogP contribution in [0.3, 0.4) is 0 Å². The van der Waals surface area contributed by atoms with Crippen molar-refractivity contribution in [2.24, 2.45) is 5.10 Å². The lowest BCUT2D eigenvalue weighted by Crippen LogP contribution is -2.33. The molecule has 0 fully saturated rings. The molecule has 0 aromatic heterocycles. The van der Waals surface area contributed by atoms with E-state index in [9.17, 15) is 0 Å². The van der Waals surface area contributed by atoms with Crippen LogP contribution in [0.2, 0.25) is 5.02 Å². The Morgan fingerprint density at radius 2 is 1.90 bits per heavy atom. The van der Waals surface area contributed by atoms with Gasteiger partial charge in [0.1, 0.15) is 11.5 Å². The second-order valence-electron chi connectivity index (χ2n) is 7.06. The Balaban J connectivity index is 1.58. The van der Waals surface area contributed by atoms with E-state index < -0.39 is 0 Å². The number of hydrazone groups is 1. The van der Waals surface area contributed by atoms with Crippen LogP contribution in [-0.4, -0.2) is 17.8 Å².